The molecular weight excluding hydrogens is 354 g/mol. The first-order valence-electron chi connectivity index (χ1n) is 8.69. The van der Waals surface area contributed by atoms with Crippen molar-refractivity contribution in [2.45, 2.75) is 30.2 Å². The number of rotatable bonds is 4. The number of thioether (sulfide) groups is 1. The van der Waals surface area contributed by atoms with Crippen molar-refractivity contribution < 1.29 is 14.0 Å². The highest BCUT2D eigenvalue weighted by molar-refractivity contribution is 7.98. The Kier molecular flexibility index (Phi) is 4.47. The molecule has 0 radical (unpaired) electrons. The Labute approximate surface area is 155 Å². The number of carbonyl (C=O) groups is 2. The van der Waals surface area contributed by atoms with Crippen LogP contribution in [0.15, 0.2) is 28.0 Å². The second kappa shape index (κ2) is 6.79. The Morgan fingerprint density at radius 2 is 2.27 bits per heavy atom. The Morgan fingerprint density at radius 1 is 1.38 bits per heavy atom. The zero-order valence-electron chi connectivity index (χ0n) is 14.6. The van der Waals surface area contributed by atoms with Crippen molar-refractivity contribution >= 4 is 23.6 Å². The number of aromatic nitrogens is 3. The molecule has 2 aromatic rings. The molecule has 2 fully saturated rings. The van der Waals surface area contributed by atoms with Gasteiger partial charge in [-0.25, -0.2) is 4.98 Å². The predicted molar refractivity (Wildman–Crippen MR) is 94.5 cm³/mol. The molecule has 0 saturated carbocycles. The molecule has 2 saturated heterocycles. The highest BCUT2D eigenvalue weighted by Gasteiger charge is 2.48. The molecule has 4 heterocycles. The van der Waals surface area contributed by atoms with E-state index in [1.54, 1.807) is 15.9 Å². The second-order valence-electron chi connectivity index (χ2n) is 6.93. The highest BCUT2D eigenvalue weighted by Crippen LogP contribution is 2.40. The largest absolute Gasteiger partial charge is 0.455 e. The van der Waals surface area contributed by atoms with Crippen LogP contribution in [0.3, 0.4) is 0 Å². The summed E-state index contributed by atoms with van der Waals surface area (Å²) < 4.78 is 5.71. The van der Waals surface area contributed by atoms with E-state index >= 15 is 0 Å². The number of nitrogens with zero attached hydrogens (tertiary/aromatic N) is 4. The fourth-order valence-electron chi connectivity index (χ4n) is 3.82. The van der Waals surface area contributed by atoms with Gasteiger partial charge in [-0.15, -0.1) is 0 Å². The summed E-state index contributed by atoms with van der Waals surface area (Å²) in [6.45, 7) is 1.89. The van der Waals surface area contributed by atoms with Crippen LogP contribution in [0.25, 0.3) is 0 Å². The lowest BCUT2D eigenvalue weighted by Gasteiger charge is -2.37. The van der Waals surface area contributed by atoms with Gasteiger partial charge in [0.2, 0.25) is 5.91 Å². The molecule has 9 heteroatoms. The molecule has 1 spiro atoms. The summed E-state index contributed by atoms with van der Waals surface area (Å²) in [5.74, 6) is 1.63. The SMILES string of the molecule is CN1CCCC2(CCN(C(=O)c3ccc(CSc4ncn[nH]4)o3)C2)C1=O. The van der Waals surface area contributed by atoms with Crippen molar-refractivity contribution in [2.75, 3.05) is 26.7 Å². The number of hydrogen-bond acceptors (Lipinski definition) is 6. The van der Waals surface area contributed by atoms with E-state index in [1.165, 1.54) is 18.1 Å². The maximum Gasteiger partial charge on any atom is 0.289 e. The van der Waals surface area contributed by atoms with Crippen molar-refractivity contribution in [1.82, 2.24) is 25.0 Å². The number of furan rings is 1. The first-order chi connectivity index (χ1) is 12.6. The minimum absolute atomic E-state index is 0.140. The first-order valence-corrected chi connectivity index (χ1v) is 9.68. The number of aromatic amines is 1. The van der Waals surface area contributed by atoms with Gasteiger partial charge in [0.05, 0.1) is 11.2 Å². The fraction of sp³-hybridized carbons (Fsp3) is 0.529. The quantitative estimate of drug-likeness (QED) is 0.819. The molecule has 4 rings (SSSR count). The van der Waals surface area contributed by atoms with Crippen LogP contribution >= 0.6 is 11.8 Å². The van der Waals surface area contributed by atoms with Gasteiger partial charge in [-0.2, -0.15) is 5.10 Å². The molecule has 2 aliphatic heterocycles. The van der Waals surface area contributed by atoms with Gasteiger partial charge in [-0.1, -0.05) is 11.8 Å². The van der Waals surface area contributed by atoms with Crippen LogP contribution in [0.4, 0.5) is 0 Å². The van der Waals surface area contributed by atoms with Crippen LogP contribution in [0.1, 0.15) is 35.6 Å². The molecule has 2 aliphatic rings. The predicted octanol–water partition coefficient (Wildman–Crippen LogP) is 1.77. The van der Waals surface area contributed by atoms with Gasteiger partial charge >= 0.3 is 0 Å². The third kappa shape index (κ3) is 3.11. The Balaban J connectivity index is 1.40. The fourth-order valence-corrected chi connectivity index (χ4v) is 4.49. The number of H-pyrrole nitrogens is 1. The molecule has 1 N–H and O–H groups in total. The van der Waals surface area contributed by atoms with E-state index < -0.39 is 5.41 Å². The Morgan fingerprint density at radius 3 is 3.08 bits per heavy atom. The first kappa shape index (κ1) is 17.1. The Hall–Kier alpha value is -2.29. The summed E-state index contributed by atoms with van der Waals surface area (Å²) in [6, 6.07) is 3.51. The summed E-state index contributed by atoms with van der Waals surface area (Å²) >= 11 is 1.46. The van der Waals surface area contributed by atoms with Crippen molar-refractivity contribution in [3.05, 3.63) is 30.0 Å². The van der Waals surface area contributed by atoms with Gasteiger partial charge in [-0.05, 0) is 31.4 Å². The molecule has 2 amide bonds. The lowest BCUT2D eigenvalue weighted by molar-refractivity contribution is -0.143. The van der Waals surface area contributed by atoms with E-state index in [-0.39, 0.29) is 11.8 Å². The van der Waals surface area contributed by atoms with E-state index in [2.05, 4.69) is 15.2 Å². The molecule has 1 atom stereocenters. The van der Waals surface area contributed by atoms with Crippen molar-refractivity contribution in [1.29, 1.82) is 0 Å². The maximum absolute atomic E-state index is 12.8. The number of amides is 2. The Bertz CT molecular complexity index is 805. The highest BCUT2D eigenvalue weighted by atomic mass is 32.2. The van der Waals surface area contributed by atoms with E-state index in [9.17, 15) is 9.59 Å². The van der Waals surface area contributed by atoms with E-state index in [1.807, 2.05) is 13.1 Å². The minimum atomic E-state index is -0.403. The third-order valence-electron chi connectivity index (χ3n) is 5.21. The smallest absolute Gasteiger partial charge is 0.289 e. The maximum atomic E-state index is 12.8. The molecule has 8 nitrogen and oxygen atoms in total. The number of carbonyl (C=O) groups excluding carboxylic acids is 2. The number of nitrogens with one attached hydrogen (secondary N) is 1. The number of piperidine rings is 1. The van der Waals surface area contributed by atoms with Gasteiger partial charge in [-0.3, -0.25) is 14.7 Å². The second-order valence-corrected chi connectivity index (χ2v) is 7.90. The van der Waals surface area contributed by atoms with E-state index in [4.69, 9.17) is 4.42 Å². The average molecular weight is 375 g/mol. The van der Waals surface area contributed by atoms with Crippen LogP contribution in [0.5, 0.6) is 0 Å². The normalized spacial score (nSPS) is 23.2. The molecule has 1 unspecified atom stereocenters. The van der Waals surface area contributed by atoms with Gasteiger partial charge in [0.15, 0.2) is 10.9 Å². The van der Waals surface area contributed by atoms with Crippen molar-refractivity contribution in [3.63, 3.8) is 0 Å². The molecule has 26 heavy (non-hydrogen) atoms. The average Bonchev–Trinajstić information content (AvgIpc) is 3.38. The summed E-state index contributed by atoms with van der Waals surface area (Å²) in [6.07, 6.45) is 4.04. The zero-order valence-corrected chi connectivity index (χ0v) is 15.4. The standard InChI is InChI=1S/C17H21N5O3S/c1-21-7-2-5-17(15(21)24)6-8-22(10-17)14(23)13-4-3-12(25-13)9-26-16-18-11-19-20-16/h3-4,11H,2,5-10H2,1H3,(H,18,19,20). The monoisotopic (exact) mass is 375 g/mol. The molecule has 0 aromatic carbocycles. The lowest BCUT2D eigenvalue weighted by Crippen LogP contribution is -2.48. The van der Waals surface area contributed by atoms with Crippen LogP contribution < -0.4 is 0 Å². The van der Waals surface area contributed by atoms with E-state index in [0.29, 0.717) is 35.5 Å². The van der Waals surface area contributed by atoms with Crippen LogP contribution in [-0.2, 0) is 10.5 Å². The van der Waals surface area contributed by atoms with Crippen LogP contribution in [-0.4, -0.2) is 63.5 Å². The van der Waals surface area contributed by atoms with Gasteiger partial charge in [0, 0.05) is 26.7 Å². The zero-order chi connectivity index (χ0) is 18.1. The third-order valence-corrected chi connectivity index (χ3v) is 6.11. The number of likely N-dealkylation sites (tertiary alicyclic amines) is 2. The van der Waals surface area contributed by atoms with Gasteiger partial charge in [0.25, 0.3) is 5.91 Å². The van der Waals surface area contributed by atoms with Crippen molar-refractivity contribution in [3.8, 4) is 0 Å². The summed E-state index contributed by atoms with van der Waals surface area (Å²) in [5, 5.41) is 7.27. The van der Waals surface area contributed by atoms with Crippen LogP contribution in [0.2, 0.25) is 0 Å². The van der Waals surface area contributed by atoms with Gasteiger partial charge < -0.3 is 14.2 Å². The lowest BCUT2D eigenvalue weighted by atomic mass is 9.78. The number of hydrogen-bond donors (Lipinski definition) is 1. The molecule has 138 valence electrons. The molecule has 2 aromatic heterocycles. The summed E-state index contributed by atoms with van der Waals surface area (Å²) in [7, 11) is 1.85. The van der Waals surface area contributed by atoms with Crippen molar-refractivity contribution in [2.24, 2.45) is 5.41 Å². The summed E-state index contributed by atoms with van der Waals surface area (Å²) in [5.41, 5.74) is -0.403. The molecule has 0 aliphatic carbocycles. The van der Waals surface area contributed by atoms with Gasteiger partial charge in [0.1, 0.15) is 12.1 Å². The minimum Gasteiger partial charge on any atom is -0.455 e. The van der Waals surface area contributed by atoms with Crippen LogP contribution in [0, 0.1) is 5.41 Å². The topological polar surface area (TPSA) is 95.3 Å². The molecule has 0 bridgehead atoms. The summed E-state index contributed by atoms with van der Waals surface area (Å²) in [4.78, 5) is 33.0. The molecular formula is C17H21N5O3S. The van der Waals surface area contributed by atoms with E-state index in [0.717, 1.165) is 25.8 Å².